The van der Waals surface area contributed by atoms with Gasteiger partial charge in [-0.25, -0.2) is 8.78 Å². The largest absolute Gasteiger partial charge is 0.361 e. The molecule has 1 aromatic rings. The molecule has 4 heteroatoms. The number of nitrogens with one attached hydrogen (secondary N) is 1. The van der Waals surface area contributed by atoms with E-state index in [2.05, 4.69) is 12.2 Å². The third-order valence-electron chi connectivity index (χ3n) is 4.34. The van der Waals surface area contributed by atoms with Gasteiger partial charge in [-0.1, -0.05) is 13.0 Å². The van der Waals surface area contributed by atoms with E-state index in [1.54, 1.807) is 0 Å². The maximum absolute atomic E-state index is 14.0. The van der Waals surface area contributed by atoms with Crippen LogP contribution in [0.1, 0.15) is 26.2 Å². The highest BCUT2D eigenvalue weighted by Gasteiger charge is 2.38. The van der Waals surface area contributed by atoms with Crippen LogP contribution in [0.25, 0.3) is 0 Å². The van der Waals surface area contributed by atoms with Gasteiger partial charge in [-0.15, -0.1) is 0 Å². The summed E-state index contributed by atoms with van der Waals surface area (Å²) in [5, 5.41) is 3.53. The maximum Gasteiger partial charge on any atom is 0.149 e. The lowest BCUT2D eigenvalue weighted by Gasteiger charge is -2.42. The lowest BCUT2D eigenvalue weighted by molar-refractivity contribution is 0.353. The van der Waals surface area contributed by atoms with E-state index in [0.29, 0.717) is 18.5 Å². The van der Waals surface area contributed by atoms with Crippen LogP contribution in [-0.4, -0.2) is 25.2 Å². The first kappa shape index (κ1) is 12.9. The maximum atomic E-state index is 14.0. The molecule has 1 aromatic carbocycles. The van der Waals surface area contributed by atoms with Gasteiger partial charge in [0.1, 0.15) is 17.3 Å². The molecule has 2 fully saturated rings. The molecule has 1 saturated carbocycles. The zero-order valence-corrected chi connectivity index (χ0v) is 11.2. The van der Waals surface area contributed by atoms with Crippen molar-refractivity contribution in [3.63, 3.8) is 0 Å². The molecule has 0 aromatic heterocycles. The van der Waals surface area contributed by atoms with Crippen molar-refractivity contribution in [2.75, 3.05) is 18.0 Å². The van der Waals surface area contributed by atoms with Gasteiger partial charge in [-0.05, 0) is 37.3 Å². The Balaban J connectivity index is 1.89. The lowest BCUT2D eigenvalue weighted by atomic mass is 10.0. The van der Waals surface area contributed by atoms with Crippen molar-refractivity contribution in [3.8, 4) is 0 Å². The topological polar surface area (TPSA) is 15.3 Å². The fraction of sp³-hybridized carbons (Fsp3) is 0.600. The van der Waals surface area contributed by atoms with E-state index in [0.717, 1.165) is 13.0 Å². The van der Waals surface area contributed by atoms with Crippen molar-refractivity contribution in [1.29, 1.82) is 0 Å². The summed E-state index contributed by atoms with van der Waals surface area (Å²) in [6, 6.07) is 4.66. The average molecular weight is 266 g/mol. The highest BCUT2D eigenvalue weighted by atomic mass is 19.1. The van der Waals surface area contributed by atoms with Gasteiger partial charge in [0.2, 0.25) is 0 Å². The molecular formula is C15H20F2N2. The number of piperazine rings is 1. The van der Waals surface area contributed by atoms with Gasteiger partial charge < -0.3 is 10.2 Å². The van der Waals surface area contributed by atoms with Gasteiger partial charge in [0, 0.05) is 25.2 Å². The lowest BCUT2D eigenvalue weighted by Crippen LogP contribution is -2.57. The van der Waals surface area contributed by atoms with Crippen LogP contribution in [0.2, 0.25) is 0 Å². The zero-order valence-electron chi connectivity index (χ0n) is 11.2. The molecule has 1 saturated heterocycles. The molecule has 1 aliphatic heterocycles. The second-order valence-corrected chi connectivity index (χ2v) is 5.64. The standard InChI is InChI=1S/C15H20F2N2/c1-2-11-8-18-14(10-6-7-10)9-19(11)15-12(16)4-3-5-13(15)17/h3-5,10-11,14,18H,2,6-9H2,1H3. The number of halogens is 2. The number of nitrogens with zero attached hydrogens (tertiary/aromatic N) is 1. The third-order valence-corrected chi connectivity index (χ3v) is 4.34. The molecule has 0 bridgehead atoms. The zero-order chi connectivity index (χ0) is 13.4. The van der Waals surface area contributed by atoms with Gasteiger partial charge >= 0.3 is 0 Å². The number of hydrogen-bond donors (Lipinski definition) is 1. The van der Waals surface area contributed by atoms with Gasteiger partial charge in [0.25, 0.3) is 0 Å². The molecule has 0 radical (unpaired) electrons. The average Bonchev–Trinajstić information content (AvgIpc) is 3.23. The predicted molar refractivity (Wildman–Crippen MR) is 72.3 cm³/mol. The quantitative estimate of drug-likeness (QED) is 0.905. The number of benzene rings is 1. The van der Waals surface area contributed by atoms with Crippen LogP contribution < -0.4 is 10.2 Å². The summed E-state index contributed by atoms with van der Waals surface area (Å²) in [6.07, 6.45) is 3.36. The Hall–Kier alpha value is -1.16. The minimum Gasteiger partial charge on any atom is -0.361 e. The summed E-state index contributed by atoms with van der Waals surface area (Å²) < 4.78 is 28.0. The van der Waals surface area contributed by atoms with Gasteiger partial charge in [-0.2, -0.15) is 0 Å². The van der Waals surface area contributed by atoms with E-state index in [-0.39, 0.29) is 11.7 Å². The van der Waals surface area contributed by atoms with E-state index >= 15 is 0 Å². The molecule has 2 aliphatic rings. The predicted octanol–water partition coefficient (Wildman–Crippen LogP) is 2.93. The molecule has 2 nitrogen and oxygen atoms in total. The summed E-state index contributed by atoms with van der Waals surface area (Å²) >= 11 is 0. The van der Waals surface area contributed by atoms with Crippen molar-refractivity contribution in [2.45, 2.75) is 38.3 Å². The fourth-order valence-corrected chi connectivity index (χ4v) is 3.04. The van der Waals surface area contributed by atoms with Crippen LogP contribution in [0, 0.1) is 17.6 Å². The number of para-hydroxylation sites is 1. The minimum absolute atomic E-state index is 0.154. The van der Waals surface area contributed by atoms with E-state index in [9.17, 15) is 8.78 Å². The van der Waals surface area contributed by atoms with Gasteiger partial charge in [0.15, 0.2) is 0 Å². The van der Waals surface area contributed by atoms with E-state index in [4.69, 9.17) is 0 Å². The van der Waals surface area contributed by atoms with Crippen molar-refractivity contribution < 1.29 is 8.78 Å². The molecule has 1 heterocycles. The van der Waals surface area contributed by atoms with Gasteiger partial charge in [0.05, 0.1) is 0 Å². The van der Waals surface area contributed by atoms with Crippen LogP contribution >= 0.6 is 0 Å². The third kappa shape index (κ3) is 2.46. The SMILES string of the molecule is CCC1CNC(C2CC2)CN1c1c(F)cccc1F. The number of anilines is 1. The normalized spacial score (nSPS) is 27.6. The van der Waals surface area contributed by atoms with Crippen molar-refractivity contribution >= 4 is 5.69 Å². The number of rotatable bonds is 3. The van der Waals surface area contributed by atoms with E-state index in [1.807, 2.05) is 4.90 Å². The summed E-state index contributed by atoms with van der Waals surface area (Å²) in [6.45, 7) is 3.59. The Bertz CT molecular complexity index is 439. The fourth-order valence-electron chi connectivity index (χ4n) is 3.04. The molecule has 0 spiro atoms. The van der Waals surface area contributed by atoms with E-state index < -0.39 is 11.6 Å². The Morgan fingerprint density at radius 1 is 1.26 bits per heavy atom. The monoisotopic (exact) mass is 266 g/mol. The Morgan fingerprint density at radius 3 is 2.53 bits per heavy atom. The van der Waals surface area contributed by atoms with Crippen molar-refractivity contribution in [2.24, 2.45) is 5.92 Å². The second kappa shape index (κ2) is 5.08. The molecule has 2 unspecified atom stereocenters. The Labute approximate surface area is 112 Å². The summed E-state index contributed by atoms with van der Waals surface area (Å²) in [5.41, 5.74) is 0.154. The van der Waals surface area contributed by atoms with Crippen LogP contribution in [0.3, 0.4) is 0 Å². The molecule has 3 rings (SSSR count). The smallest absolute Gasteiger partial charge is 0.149 e. The first-order valence-corrected chi connectivity index (χ1v) is 7.14. The summed E-state index contributed by atoms with van der Waals surface area (Å²) in [7, 11) is 0. The molecule has 2 atom stereocenters. The van der Waals surface area contributed by atoms with Crippen LogP contribution in [0.4, 0.5) is 14.5 Å². The molecule has 1 aliphatic carbocycles. The van der Waals surface area contributed by atoms with Crippen molar-refractivity contribution in [3.05, 3.63) is 29.8 Å². The molecular weight excluding hydrogens is 246 g/mol. The van der Waals surface area contributed by atoms with E-state index in [1.165, 1.54) is 31.0 Å². The first-order chi connectivity index (χ1) is 9.20. The molecule has 104 valence electrons. The Morgan fingerprint density at radius 2 is 1.95 bits per heavy atom. The summed E-state index contributed by atoms with van der Waals surface area (Å²) in [5.74, 6) is -0.208. The minimum atomic E-state index is -0.449. The van der Waals surface area contributed by atoms with Crippen LogP contribution in [0.5, 0.6) is 0 Å². The molecule has 1 N–H and O–H groups in total. The summed E-state index contributed by atoms with van der Waals surface area (Å²) in [4.78, 5) is 1.93. The second-order valence-electron chi connectivity index (χ2n) is 5.64. The number of hydrogen-bond acceptors (Lipinski definition) is 2. The van der Waals surface area contributed by atoms with Gasteiger partial charge in [-0.3, -0.25) is 0 Å². The first-order valence-electron chi connectivity index (χ1n) is 7.14. The molecule has 19 heavy (non-hydrogen) atoms. The highest BCUT2D eigenvalue weighted by Crippen LogP contribution is 2.36. The highest BCUT2D eigenvalue weighted by molar-refractivity contribution is 5.51. The van der Waals surface area contributed by atoms with Crippen LogP contribution in [-0.2, 0) is 0 Å². The molecule has 0 amide bonds. The van der Waals surface area contributed by atoms with Crippen molar-refractivity contribution in [1.82, 2.24) is 5.32 Å². The van der Waals surface area contributed by atoms with Crippen LogP contribution in [0.15, 0.2) is 18.2 Å². The Kier molecular flexibility index (Phi) is 3.44.